The van der Waals surface area contributed by atoms with Gasteiger partial charge < -0.3 is 10.2 Å². The second-order valence-corrected chi connectivity index (χ2v) is 8.48. The van der Waals surface area contributed by atoms with Gasteiger partial charge in [0, 0.05) is 30.4 Å². The minimum Gasteiger partial charge on any atom is -0.350 e. The topological polar surface area (TPSA) is 75.2 Å². The van der Waals surface area contributed by atoms with Gasteiger partial charge >= 0.3 is 0 Å². The first-order chi connectivity index (χ1) is 14.2. The number of halogens is 3. The highest BCUT2D eigenvalue weighted by atomic mass is 35.5. The fraction of sp³-hybridized carbons (Fsp3) is 0.429. The molecule has 0 bridgehead atoms. The molecule has 30 heavy (non-hydrogen) atoms. The summed E-state index contributed by atoms with van der Waals surface area (Å²) in [5.41, 5.74) is 1.17. The number of nitrogens with zero attached hydrogens (tertiary/aromatic N) is 3. The van der Waals surface area contributed by atoms with E-state index in [1.54, 1.807) is 11.8 Å². The molecule has 1 aliphatic rings. The summed E-state index contributed by atoms with van der Waals surface area (Å²) in [7, 11) is 0. The van der Waals surface area contributed by atoms with Gasteiger partial charge in [0.05, 0.1) is 5.56 Å². The van der Waals surface area contributed by atoms with Crippen LogP contribution in [0.5, 0.6) is 0 Å². The van der Waals surface area contributed by atoms with Crippen molar-refractivity contribution in [3.8, 4) is 0 Å². The zero-order chi connectivity index (χ0) is 21.8. The number of hydrogen-bond donors (Lipinski definition) is 1. The maximum Gasteiger partial charge on any atom is 0.272 e. The van der Waals surface area contributed by atoms with Gasteiger partial charge in [-0.2, -0.15) is 4.39 Å². The minimum absolute atomic E-state index is 0.0531. The van der Waals surface area contributed by atoms with Crippen molar-refractivity contribution in [2.45, 2.75) is 39.2 Å². The maximum absolute atomic E-state index is 13.1. The number of carbonyl (C=O) groups is 2. The summed E-state index contributed by atoms with van der Waals surface area (Å²) in [5, 5.41) is 3.53. The number of rotatable bonds is 5. The molecule has 0 spiro atoms. The van der Waals surface area contributed by atoms with E-state index in [-0.39, 0.29) is 28.7 Å². The number of nitrogens with one attached hydrogen (secondary N) is 1. The largest absolute Gasteiger partial charge is 0.350 e. The second-order valence-electron chi connectivity index (χ2n) is 7.66. The standard InChI is InChI=1S/C21H23Cl2FN4O2/c1-12-7-19(24)25-11-16(12)20(29)26-13(2)8-14-3-5-28(6-4-14)21(30)17-9-15(22)10-18(23)27-17/h7,9-11,13-14H,3-6,8H2,1-2H3,(H,26,29). The summed E-state index contributed by atoms with van der Waals surface area (Å²) in [6.45, 7) is 4.84. The molecule has 2 aromatic rings. The molecule has 0 aromatic carbocycles. The second kappa shape index (κ2) is 9.71. The summed E-state index contributed by atoms with van der Waals surface area (Å²) in [4.78, 5) is 34.4. The van der Waals surface area contributed by atoms with Crippen molar-refractivity contribution < 1.29 is 14.0 Å². The molecule has 2 amide bonds. The molecule has 0 aliphatic carbocycles. The van der Waals surface area contributed by atoms with Crippen LogP contribution in [-0.4, -0.2) is 45.8 Å². The van der Waals surface area contributed by atoms with Crippen LogP contribution in [0.3, 0.4) is 0 Å². The number of aryl methyl sites for hydroxylation is 1. The van der Waals surface area contributed by atoms with Crippen molar-refractivity contribution in [3.63, 3.8) is 0 Å². The summed E-state index contributed by atoms with van der Waals surface area (Å²) in [6.07, 6.45) is 3.71. The van der Waals surface area contributed by atoms with E-state index in [1.807, 2.05) is 6.92 Å². The van der Waals surface area contributed by atoms with E-state index in [4.69, 9.17) is 23.2 Å². The number of aromatic nitrogens is 2. The van der Waals surface area contributed by atoms with E-state index in [9.17, 15) is 14.0 Å². The van der Waals surface area contributed by atoms with Crippen molar-refractivity contribution in [2.24, 2.45) is 5.92 Å². The normalized spacial score (nSPS) is 15.7. The van der Waals surface area contributed by atoms with Crippen LogP contribution < -0.4 is 5.32 Å². The fourth-order valence-electron chi connectivity index (χ4n) is 3.73. The average molecular weight is 453 g/mol. The molecule has 6 nitrogen and oxygen atoms in total. The molecule has 1 aliphatic heterocycles. The van der Waals surface area contributed by atoms with Gasteiger partial charge in [0.1, 0.15) is 10.8 Å². The molecule has 1 fully saturated rings. The van der Waals surface area contributed by atoms with Crippen molar-refractivity contribution in [1.82, 2.24) is 20.2 Å². The third kappa shape index (κ3) is 5.67. The molecule has 9 heteroatoms. The molecule has 1 atom stereocenters. The summed E-state index contributed by atoms with van der Waals surface area (Å²) >= 11 is 11.9. The summed E-state index contributed by atoms with van der Waals surface area (Å²) in [5.74, 6) is -0.663. The first kappa shape index (κ1) is 22.4. The molecule has 3 heterocycles. The Bertz CT molecular complexity index is 928. The van der Waals surface area contributed by atoms with Crippen LogP contribution in [0.2, 0.25) is 10.2 Å². The maximum atomic E-state index is 13.1. The predicted molar refractivity (Wildman–Crippen MR) is 113 cm³/mol. The van der Waals surface area contributed by atoms with Gasteiger partial charge in [0.15, 0.2) is 0 Å². The van der Waals surface area contributed by atoms with Gasteiger partial charge in [0.25, 0.3) is 11.8 Å². The monoisotopic (exact) mass is 452 g/mol. The van der Waals surface area contributed by atoms with Crippen LogP contribution in [0.15, 0.2) is 24.4 Å². The molecule has 2 aromatic heterocycles. The number of hydrogen-bond acceptors (Lipinski definition) is 4. The third-order valence-electron chi connectivity index (χ3n) is 5.27. The van der Waals surface area contributed by atoms with E-state index >= 15 is 0 Å². The molecule has 0 saturated carbocycles. The van der Waals surface area contributed by atoms with Gasteiger partial charge in [0.2, 0.25) is 5.95 Å². The van der Waals surface area contributed by atoms with Crippen molar-refractivity contribution in [3.05, 3.63) is 57.3 Å². The van der Waals surface area contributed by atoms with Crippen LogP contribution in [0.25, 0.3) is 0 Å². The molecule has 1 unspecified atom stereocenters. The van der Waals surface area contributed by atoms with E-state index in [0.717, 1.165) is 19.3 Å². The van der Waals surface area contributed by atoms with Crippen molar-refractivity contribution >= 4 is 35.0 Å². The lowest BCUT2D eigenvalue weighted by atomic mass is 9.90. The van der Waals surface area contributed by atoms with Gasteiger partial charge in [-0.05, 0) is 62.8 Å². The molecule has 160 valence electrons. The van der Waals surface area contributed by atoms with E-state index in [2.05, 4.69) is 15.3 Å². The lowest BCUT2D eigenvalue weighted by Gasteiger charge is -2.33. The van der Waals surface area contributed by atoms with Crippen LogP contribution >= 0.6 is 23.2 Å². The van der Waals surface area contributed by atoms with E-state index in [1.165, 1.54) is 24.4 Å². The Labute approximate surface area is 184 Å². The molecular formula is C21H23Cl2FN4O2. The Morgan fingerprint density at radius 3 is 2.60 bits per heavy atom. The summed E-state index contributed by atoms with van der Waals surface area (Å²) < 4.78 is 13.1. The lowest BCUT2D eigenvalue weighted by Crippen LogP contribution is -2.41. The smallest absolute Gasteiger partial charge is 0.272 e. The Hall–Kier alpha value is -2.25. The third-order valence-corrected chi connectivity index (χ3v) is 5.68. The molecule has 1 saturated heterocycles. The predicted octanol–water partition coefficient (Wildman–Crippen LogP) is 4.29. The zero-order valence-corrected chi connectivity index (χ0v) is 18.3. The number of amides is 2. The fourth-order valence-corrected chi connectivity index (χ4v) is 4.20. The van der Waals surface area contributed by atoms with Gasteiger partial charge in [-0.15, -0.1) is 0 Å². The van der Waals surface area contributed by atoms with Crippen molar-refractivity contribution in [2.75, 3.05) is 13.1 Å². The van der Waals surface area contributed by atoms with Crippen LogP contribution in [0, 0.1) is 18.8 Å². The van der Waals surface area contributed by atoms with Gasteiger partial charge in [-0.25, -0.2) is 9.97 Å². The Balaban J connectivity index is 1.50. The van der Waals surface area contributed by atoms with Gasteiger partial charge in [-0.3, -0.25) is 9.59 Å². The van der Waals surface area contributed by atoms with Crippen molar-refractivity contribution in [1.29, 1.82) is 0 Å². The molecule has 3 rings (SSSR count). The number of carbonyl (C=O) groups excluding carboxylic acids is 2. The molecule has 0 radical (unpaired) electrons. The van der Waals surface area contributed by atoms with Crippen LogP contribution in [0.4, 0.5) is 4.39 Å². The van der Waals surface area contributed by atoms with Crippen LogP contribution in [-0.2, 0) is 0 Å². The first-order valence-electron chi connectivity index (χ1n) is 9.78. The Morgan fingerprint density at radius 1 is 1.27 bits per heavy atom. The highest BCUT2D eigenvalue weighted by Crippen LogP contribution is 2.24. The van der Waals surface area contributed by atoms with Crippen LogP contribution in [0.1, 0.15) is 52.6 Å². The molecular weight excluding hydrogens is 430 g/mol. The lowest BCUT2D eigenvalue weighted by molar-refractivity contribution is 0.0676. The highest BCUT2D eigenvalue weighted by molar-refractivity contribution is 6.34. The zero-order valence-electron chi connectivity index (χ0n) is 16.8. The molecule has 1 N–H and O–H groups in total. The van der Waals surface area contributed by atoms with E-state index < -0.39 is 5.95 Å². The SMILES string of the molecule is Cc1cc(F)ncc1C(=O)NC(C)CC1CCN(C(=O)c2cc(Cl)cc(Cl)n2)CC1. The Morgan fingerprint density at radius 2 is 1.97 bits per heavy atom. The van der Waals surface area contributed by atoms with E-state index in [0.29, 0.717) is 35.2 Å². The summed E-state index contributed by atoms with van der Waals surface area (Å²) in [6, 6.07) is 4.20. The average Bonchev–Trinajstić information content (AvgIpc) is 2.67. The quantitative estimate of drug-likeness (QED) is 0.686. The first-order valence-corrected chi connectivity index (χ1v) is 10.5. The van der Waals surface area contributed by atoms with Gasteiger partial charge in [-0.1, -0.05) is 23.2 Å². The number of piperidine rings is 1. The highest BCUT2D eigenvalue weighted by Gasteiger charge is 2.26. The Kier molecular flexibility index (Phi) is 7.26. The number of pyridine rings is 2. The number of likely N-dealkylation sites (tertiary alicyclic amines) is 1. The minimum atomic E-state index is -0.603.